The average molecular weight is 575 g/mol. The van der Waals surface area contributed by atoms with Gasteiger partial charge in [0, 0.05) is 30.5 Å². The van der Waals surface area contributed by atoms with Crippen LogP contribution in [0.4, 0.5) is 0 Å². The summed E-state index contributed by atoms with van der Waals surface area (Å²) in [5, 5.41) is 37.8. The first-order valence-electron chi connectivity index (χ1n) is 14.9. The van der Waals surface area contributed by atoms with Crippen molar-refractivity contribution in [3.8, 4) is 0 Å². The van der Waals surface area contributed by atoms with E-state index in [0.29, 0.717) is 19.4 Å². The molecule has 0 amide bonds. The van der Waals surface area contributed by atoms with Crippen molar-refractivity contribution in [3.63, 3.8) is 0 Å². The fraction of sp³-hybridized carbons (Fsp3) is 0.967. The number of likely N-dealkylation sites (N-methyl/N-ethyl adjacent to an activating group) is 1. The van der Waals surface area contributed by atoms with E-state index in [1.54, 1.807) is 20.8 Å². The molecule has 2 aliphatic rings. The summed E-state index contributed by atoms with van der Waals surface area (Å²) in [6, 6.07) is -0.455. The lowest BCUT2D eigenvalue weighted by atomic mass is 9.78. The first kappa shape index (κ1) is 35.3. The number of hydrogen-bond acceptors (Lipinski definition) is 10. The lowest BCUT2D eigenvalue weighted by Gasteiger charge is -2.47. The van der Waals surface area contributed by atoms with E-state index in [9.17, 15) is 20.1 Å². The minimum atomic E-state index is -1.37. The molecule has 12 unspecified atom stereocenters. The number of rotatable bonds is 4. The van der Waals surface area contributed by atoms with Crippen LogP contribution in [-0.4, -0.2) is 115 Å². The first-order chi connectivity index (χ1) is 18.3. The van der Waals surface area contributed by atoms with Crippen LogP contribution < -0.4 is 5.32 Å². The second kappa shape index (κ2) is 14.1. The number of aliphatic hydroxyl groups excluding tert-OH is 2. The van der Waals surface area contributed by atoms with Gasteiger partial charge in [-0.05, 0) is 74.0 Å². The molecule has 236 valence electrons. The van der Waals surface area contributed by atoms with Gasteiger partial charge in [0.25, 0.3) is 0 Å². The number of esters is 1. The molecule has 40 heavy (non-hydrogen) atoms. The van der Waals surface area contributed by atoms with Crippen LogP contribution >= 0.6 is 0 Å². The molecule has 0 aromatic carbocycles. The third-order valence-electron chi connectivity index (χ3n) is 9.43. The fourth-order valence-electron chi connectivity index (χ4n) is 6.53. The summed E-state index contributed by atoms with van der Waals surface area (Å²) in [6.07, 6.45) is -3.90. The molecule has 0 aliphatic carbocycles. The van der Waals surface area contributed by atoms with Crippen LogP contribution in [0.15, 0.2) is 0 Å². The van der Waals surface area contributed by atoms with Crippen LogP contribution in [0.1, 0.15) is 75.2 Å². The number of nitrogens with zero attached hydrogens (tertiary/aromatic N) is 1. The summed E-state index contributed by atoms with van der Waals surface area (Å²) in [4.78, 5) is 15.4. The molecule has 0 aromatic rings. The number of carbonyl (C=O) groups excluding carboxylic acids is 1. The normalized spacial score (nSPS) is 46.4. The number of cyclic esters (lactones) is 1. The van der Waals surface area contributed by atoms with Gasteiger partial charge in [-0.25, -0.2) is 0 Å². The van der Waals surface area contributed by atoms with Gasteiger partial charge < -0.3 is 44.5 Å². The number of carbonyl (C=O) groups is 1. The Bertz CT molecular complexity index is 809. The lowest BCUT2D eigenvalue weighted by Crippen LogP contribution is -2.59. The Labute approximate surface area is 242 Å². The maximum Gasteiger partial charge on any atom is 0.311 e. The zero-order valence-electron chi connectivity index (χ0n) is 26.9. The van der Waals surface area contributed by atoms with Crippen LogP contribution in [0, 0.1) is 23.2 Å². The van der Waals surface area contributed by atoms with Gasteiger partial charge in [-0.2, -0.15) is 0 Å². The minimum Gasteiger partial charge on any atom is -0.462 e. The van der Waals surface area contributed by atoms with Crippen molar-refractivity contribution in [2.24, 2.45) is 23.2 Å². The monoisotopic (exact) mass is 574 g/mol. The standard InChI is InChI=1S/C30H58N2O8/c1-16-14-30(9,36)26(40-28-23(33)22(32(10)11)13-17(2)38-28)18(3)24(37-12)19(4)27(35)39-21(6)29(7,8)25(34)20(5)31-15-16/h16-26,28,31,33-34,36H,13-15H2,1-12H3/t16?,17?,18?,19?,20?,21-,22?,23?,24?,25?,26?,28?,30?/m1/s1. The zero-order valence-corrected chi connectivity index (χ0v) is 26.9. The fourth-order valence-corrected chi connectivity index (χ4v) is 6.53. The Morgan fingerprint density at radius 1 is 1.05 bits per heavy atom. The van der Waals surface area contributed by atoms with Crippen molar-refractivity contribution >= 4 is 5.97 Å². The molecule has 0 aromatic heterocycles. The highest BCUT2D eigenvalue weighted by atomic mass is 16.7. The molecule has 0 radical (unpaired) electrons. The molecule has 0 spiro atoms. The molecule has 4 N–H and O–H groups in total. The molecule has 0 bridgehead atoms. The van der Waals surface area contributed by atoms with Gasteiger partial charge in [-0.1, -0.05) is 27.7 Å². The maximum absolute atomic E-state index is 13.4. The van der Waals surface area contributed by atoms with Crippen molar-refractivity contribution in [1.82, 2.24) is 10.2 Å². The Hall–Kier alpha value is -0.850. The molecule has 2 aliphatic heterocycles. The summed E-state index contributed by atoms with van der Waals surface area (Å²) in [5.74, 6) is -1.62. The van der Waals surface area contributed by atoms with E-state index in [1.165, 1.54) is 7.11 Å². The maximum atomic E-state index is 13.4. The Morgan fingerprint density at radius 2 is 1.65 bits per heavy atom. The second-order valence-corrected chi connectivity index (χ2v) is 13.7. The number of aliphatic hydroxyl groups is 3. The van der Waals surface area contributed by atoms with E-state index in [2.05, 4.69) is 5.32 Å². The molecule has 2 rings (SSSR count). The van der Waals surface area contributed by atoms with E-state index < -0.39 is 65.6 Å². The van der Waals surface area contributed by atoms with Gasteiger partial charge in [0.15, 0.2) is 6.29 Å². The van der Waals surface area contributed by atoms with E-state index in [-0.39, 0.29) is 24.1 Å². The van der Waals surface area contributed by atoms with Crippen LogP contribution in [0.3, 0.4) is 0 Å². The number of nitrogens with one attached hydrogen (secondary N) is 1. The number of ether oxygens (including phenoxy) is 4. The van der Waals surface area contributed by atoms with Gasteiger partial charge in [0.05, 0.1) is 35.9 Å². The van der Waals surface area contributed by atoms with Crippen molar-refractivity contribution in [2.45, 2.75) is 136 Å². The van der Waals surface area contributed by atoms with Crippen LogP contribution in [0.5, 0.6) is 0 Å². The third-order valence-corrected chi connectivity index (χ3v) is 9.43. The molecule has 10 nitrogen and oxygen atoms in total. The van der Waals surface area contributed by atoms with Gasteiger partial charge in [-0.3, -0.25) is 4.79 Å². The Kier molecular flexibility index (Phi) is 12.4. The topological polar surface area (TPSA) is 130 Å². The predicted molar refractivity (Wildman–Crippen MR) is 154 cm³/mol. The summed E-state index contributed by atoms with van der Waals surface area (Å²) < 4.78 is 24.4. The van der Waals surface area contributed by atoms with Gasteiger partial charge in [-0.15, -0.1) is 0 Å². The summed E-state index contributed by atoms with van der Waals surface area (Å²) in [6.45, 7) is 17.4. The van der Waals surface area contributed by atoms with Crippen molar-refractivity contribution in [1.29, 1.82) is 0 Å². The molecular weight excluding hydrogens is 516 g/mol. The van der Waals surface area contributed by atoms with Crippen molar-refractivity contribution in [2.75, 3.05) is 27.7 Å². The Morgan fingerprint density at radius 3 is 2.20 bits per heavy atom. The highest BCUT2D eigenvalue weighted by Crippen LogP contribution is 2.37. The Balaban J connectivity index is 2.50. The molecule has 2 heterocycles. The van der Waals surface area contributed by atoms with E-state index in [4.69, 9.17) is 18.9 Å². The largest absolute Gasteiger partial charge is 0.462 e. The first-order valence-corrected chi connectivity index (χ1v) is 14.9. The highest BCUT2D eigenvalue weighted by Gasteiger charge is 2.49. The number of methoxy groups -OCH3 is 1. The highest BCUT2D eigenvalue weighted by molar-refractivity contribution is 5.73. The summed E-state index contributed by atoms with van der Waals surface area (Å²) in [7, 11) is 5.36. The molecule has 10 heteroatoms. The second-order valence-electron chi connectivity index (χ2n) is 13.7. The smallest absolute Gasteiger partial charge is 0.311 e. The van der Waals surface area contributed by atoms with Crippen LogP contribution in [0.2, 0.25) is 0 Å². The molecule has 0 saturated carbocycles. The predicted octanol–water partition coefficient (Wildman–Crippen LogP) is 2.17. The number of hydrogen-bond donors (Lipinski definition) is 4. The molecular formula is C30H58N2O8. The van der Waals surface area contributed by atoms with Crippen molar-refractivity contribution in [3.05, 3.63) is 0 Å². The van der Waals surface area contributed by atoms with Gasteiger partial charge in [0.1, 0.15) is 12.2 Å². The van der Waals surface area contributed by atoms with Gasteiger partial charge >= 0.3 is 5.97 Å². The van der Waals surface area contributed by atoms with Crippen LogP contribution in [0.25, 0.3) is 0 Å². The van der Waals surface area contributed by atoms with Crippen molar-refractivity contribution < 1.29 is 39.1 Å². The molecule has 2 fully saturated rings. The van der Waals surface area contributed by atoms with E-state index in [1.807, 2.05) is 60.5 Å². The third kappa shape index (κ3) is 8.16. The van der Waals surface area contributed by atoms with Gasteiger partial charge in [0.2, 0.25) is 0 Å². The quantitative estimate of drug-likeness (QED) is 0.371. The zero-order chi connectivity index (χ0) is 30.7. The summed E-state index contributed by atoms with van der Waals surface area (Å²) in [5.41, 5.74) is -2.09. The van der Waals surface area contributed by atoms with E-state index in [0.717, 1.165) is 0 Å². The van der Waals surface area contributed by atoms with E-state index >= 15 is 0 Å². The minimum absolute atomic E-state index is 0.00978. The molecule has 13 atom stereocenters. The molecule has 2 saturated heterocycles. The average Bonchev–Trinajstić information content (AvgIpc) is 2.85. The lowest BCUT2D eigenvalue weighted by molar-refractivity contribution is -0.299. The van der Waals surface area contributed by atoms with Crippen LogP contribution in [-0.2, 0) is 23.7 Å². The SMILES string of the molecule is COC1C(C)C(=O)O[C@H](C)C(C)(C)C(O)C(C)NCC(C)CC(C)(O)C(OC2OC(C)CC(N(C)C)C2O)C1C. The summed E-state index contributed by atoms with van der Waals surface area (Å²) >= 11 is 0.